The van der Waals surface area contributed by atoms with Crippen LogP contribution in [0.25, 0.3) is 5.95 Å². The Bertz CT molecular complexity index is 620. The molecule has 0 unspecified atom stereocenters. The largest absolute Gasteiger partial charge is 0.461 e. The quantitative estimate of drug-likeness (QED) is 0.912. The first kappa shape index (κ1) is 14.2. The van der Waals surface area contributed by atoms with Gasteiger partial charge in [-0.25, -0.2) is 4.68 Å². The Morgan fingerprint density at radius 3 is 2.45 bits per heavy atom. The third kappa shape index (κ3) is 2.71. The number of nitrogens with two attached hydrogens (primary N) is 1. The molecular weight excluding hydrogens is 256 g/mol. The van der Waals surface area contributed by atoms with E-state index < -0.39 is 0 Å². The molecule has 0 bridgehead atoms. The highest BCUT2D eigenvalue weighted by atomic mass is 16.5. The summed E-state index contributed by atoms with van der Waals surface area (Å²) in [6, 6.07) is 0.216. The Balaban J connectivity index is 2.50. The predicted molar refractivity (Wildman–Crippen MR) is 76.0 cm³/mol. The Kier molecular flexibility index (Phi) is 3.87. The van der Waals surface area contributed by atoms with Crippen LogP contribution in [0.5, 0.6) is 6.01 Å². The van der Waals surface area contributed by atoms with Gasteiger partial charge in [0.05, 0.1) is 11.8 Å². The highest BCUT2D eigenvalue weighted by molar-refractivity contribution is 5.32. The van der Waals surface area contributed by atoms with Crippen molar-refractivity contribution in [1.82, 2.24) is 24.7 Å². The summed E-state index contributed by atoms with van der Waals surface area (Å²) in [7, 11) is 0. The fourth-order valence-electron chi connectivity index (χ4n) is 2.10. The molecular formula is C13H20N6O. The maximum absolute atomic E-state index is 5.72. The van der Waals surface area contributed by atoms with E-state index in [4.69, 9.17) is 10.5 Å². The number of ether oxygens (including phenoxy) is 1. The molecule has 0 aromatic carbocycles. The Labute approximate surface area is 118 Å². The molecule has 0 aliphatic heterocycles. The molecule has 0 saturated carbocycles. The molecule has 0 fully saturated rings. The molecule has 0 amide bonds. The van der Waals surface area contributed by atoms with E-state index in [-0.39, 0.29) is 18.1 Å². The number of anilines is 1. The van der Waals surface area contributed by atoms with Crippen LogP contribution in [0.15, 0.2) is 0 Å². The third-order valence-corrected chi connectivity index (χ3v) is 2.95. The standard InChI is InChI=1S/C13H20N6O/c1-6-10-8(4)18-19(9(10)5)12-15-11(14)16-13(17-12)20-7(2)3/h7H,6H2,1-5H3,(H2,14,15,16,17). The lowest BCUT2D eigenvalue weighted by atomic mass is 10.1. The highest BCUT2D eigenvalue weighted by Crippen LogP contribution is 2.18. The molecule has 0 aliphatic carbocycles. The number of nitrogens with zero attached hydrogens (tertiary/aromatic N) is 5. The Hall–Kier alpha value is -2.18. The van der Waals surface area contributed by atoms with Crippen LogP contribution in [-0.2, 0) is 6.42 Å². The van der Waals surface area contributed by atoms with Gasteiger partial charge >= 0.3 is 6.01 Å². The molecule has 0 aliphatic rings. The summed E-state index contributed by atoms with van der Waals surface area (Å²) >= 11 is 0. The number of rotatable bonds is 4. The maximum Gasteiger partial charge on any atom is 0.323 e. The van der Waals surface area contributed by atoms with Crippen LogP contribution >= 0.6 is 0 Å². The van der Waals surface area contributed by atoms with E-state index in [2.05, 4.69) is 27.0 Å². The van der Waals surface area contributed by atoms with E-state index in [9.17, 15) is 0 Å². The molecule has 0 spiro atoms. The lowest BCUT2D eigenvalue weighted by molar-refractivity contribution is 0.221. The lowest BCUT2D eigenvalue weighted by Gasteiger charge is -2.09. The molecule has 2 rings (SSSR count). The van der Waals surface area contributed by atoms with Crippen molar-refractivity contribution in [2.45, 2.75) is 47.1 Å². The number of aryl methyl sites for hydroxylation is 1. The molecule has 2 N–H and O–H groups in total. The van der Waals surface area contributed by atoms with Gasteiger partial charge in [0.2, 0.25) is 5.95 Å². The molecule has 2 aromatic heterocycles. The maximum atomic E-state index is 5.72. The second-order valence-electron chi connectivity index (χ2n) is 4.86. The summed E-state index contributed by atoms with van der Waals surface area (Å²) in [5, 5.41) is 4.47. The smallest absolute Gasteiger partial charge is 0.323 e. The topological polar surface area (TPSA) is 91.7 Å². The van der Waals surface area contributed by atoms with Crippen molar-refractivity contribution in [1.29, 1.82) is 0 Å². The normalized spacial score (nSPS) is 11.1. The summed E-state index contributed by atoms with van der Waals surface area (Å²) in [5.74, 6) is 0.504. The number of hydrogen-bond donors (Lipinski definition) is 1. The van der Waals surface area contributed by atoms with Gasteiger partial charge in [0.1, 0.15) is 0 Å². The number of hydrogen-bond acceptors (Lipinski definition) is 6. The van der Waals surface area contributed by atoms with Gasteiger partial charge in [-0.15, -0.1) is 0 Å². The average molecular weight is 276 g/mol. The van der Waals surface area contributed by atoms with Crippen molar-refractivity contribution in [2.24, 2.45) is 0 Å². The van der Waals surface area contributed by atoms with Crippen LogP contribution in [0.3, 0.4) is 0 Å². The van der Waals surface area contributed by atoms with Crippen LogP contribution in [0.4, 0.5) is 5.95 Å². The SMILES string of the molecule is CCc1c(C)nn(-c2nc(N)nc(OC(C)C)n2)c1C. The average Bonchev–Trinajstić information content (AvgIpc) is 2.62. The number of aromatic nitrogens is 5. The van der Waals surface area contributed by atoms with Crippen LogP contribution in [-0.4, -0.2) is 30.8 Å². The van der Waals surface area contributed by atoms with E-state index in [0.717, 1.165) is 17.8 Å². The van der Waals surface area contributed by atoms with Gasteiger partial charge in [0.25, 0.3) is 5.95 Å². The Morgan fingerprint density at radius 2 is 1.90 bits per heavy atom. The minimum Gasteiger partial charge on any atom is -0.461 e. The van der Waals surface area contributed by atoms with Crippen molar-refractivity contribution in [3.63, 3.8) is 0 Å². The summed E-state index contributed by atoms with van der Waals surface area (Å²) in [6.07, 6.45) is 0.879. The fraction of sp³-hybridized carbons (Fsp3) is 0.538. The molecule has 0 atom stereocenters. The van der Waals surface area contributed by atoms with Gasteiger partial charge in [0.15, 0.2) is 0 Å². The molecule has 2 heterocycles. The van der Waals surface area contributed by atoms with Crippen LogP contribution in [0, 0.1) is 13.8 Å². The minimum atomic E-state index is -0.0312. The zero-order chi connectivity index (χ0) is 14.9. The van der Waals surface area contributed by atoms with Gasteiger partial charge in [-0.3, -0.25) is 0 Å². The number of nitrogen functional groups attached to an aromatic ring is 1. The van der Waals surface area contributed by atoms with Crippen molar-refractivity contribution in [3.05, 3.63) is 17.0 Å². The third-order valence-electron chi connectivity index (χ3n) is 2.95. The van der Waals surface area contributed by atoms with Gasteiger partial charge in [-0.05, 0) is 39.7 Å². The minimum absolute atomic E-state index is 0.0312. The van der Waals surface area contributed by atoms with E-state index >= 15 is 0 Å². The van der Waals surface area contributed by atoms with Crippen molar-refractivity contribution >= 4 is 5.95 Å². The summed E-state index contributed by atoms with van der Waals surface area (Å²) in [4.78, 5) is 12.4. The van der Waals surface area contributed by atoms with E-state index in [1.165, 1.54) is 5.56 Å². The first-order valence-corrected chi connectivity index (χ1v) is 6.66. The van der Waals surface area contributed by atoms with E-state index in [0.29, 0.717) is 5.95 Å². The van der Waals surface area contributed by atoms with Crippen molar-refractivity contribution in [2.75, 3.05) is 5.73 Å². The first-order valence-electron chi connectivity index (χ1n) is 6.66. The summed E-state index contributed by atoms with van der Waals surface area (Å²) in [5.41, 5.74) is 8.88. The lowest BCUT2D eigenvalue weighted by Crippen LogP contribution is -2.14. The van der Waals surface area contributed by atoms with Gasteiger partial charge < -0.3 is 10.5 Å². The van der Waals surface area contributed by atoms with Gasteiger partial charge in [-0.2, -0.15) is 20.1 Å². The first-order chi connectivity index (χ1) is 9.42. The molecule has 7 nitrogen and oxygen atoms in total. The molecule has 108 valence electrons. The Morgan fingerprint density at radius 1 is 1.20 bits per heavy atom. The summed E-state index contributed by atoms with van der Waals surface area (Å²) in [6.45, 7) is 9.85. The second kappa shape index (κ2) is 5.44. The van der Waals surface area contributed by atoms with Crippen LogP contribution < -0.4 is 10.5 Å². The predicted octanol–water partition coefficient (Wildman–Crippen LogP) is 1.61. The highest BCUT2D eigenvalue weighted by Gasteiger charge is 2.15. The van der Waals surface area contributed by atoms with Crippen LogP contribution in [0.1, 0.15) is 37.7 Å². The van der Waals surface area contributed by atoms with Gasteiger partial charge in [-0.1, -0.05) is 6.92 Å². The van der Waals surface area contributed by atoms with Crippen molar-refractivity contribution in [3.8, 4) is 12.0 Å². The molecule has 20 heavy (non-hydrogen) atoms. The van der Waals surface area contributed by atoms with Gasteiger partial charge in [0, 0.05) is 5.69 Å². The van der Waals surface area contributed by atoms with Crippen molar-refractivity contribution < 1.29 is 4.74 Å². The molecule has 2 aromatic rings. The monoisotopic (exact) mass is 276 g/mol. The molecule has 0 radical (unpaired) electrons. The molecule has 7 heteroatoms. The van der Waals surface area contributed by atoms with E-state index in [1.807, 2.05) is 27.7 Å². The van der Waals surface area contributed by atoms with Crippen LogP contribution in [0.2, 0.25) is 0 Å². The fourth-order valence-corrected chi connectivity index (χ4v) is 2.10. The summed E-state index contributed by atoms with van der Waals surface area (Å²) < 4.78 is 7.16. The molecule has 0 saturated heterocycles. The van der Waals surface area contributed by atoms with E-state index in [1.54, 1.807) is 4.68 Å². The zero-order valence-corrected chi connectivity index (χ0v) is 12.5. The second-order valence-corrected chi connectivity index (χ2v) is 4.86. The zero-order valence-electron chi connectivity index (χ0n) is 12.5.